The lowest BCUT2D eigenvalue weighted by atomic mass is 9.99. The summed E-state index contributed by atoms with van der Waals surface area (Å²) in [6.45, 7) is 3.90. The molecule has 6 N–H and O–H groups in total. The van der Waals surface area contributed by atoms with Gasteiger partial charge in [-0.2, -0.15) is 0 Å². The molecular weight excluding hydrogens is 983 g/mol. The van der Waals surface area contributed by atoms with Crippen LogP contribution in [-0.4, -0.2) is 87.5 Å². The summed E-state index contributed by atoms with van der Waals surface area (Å²) in [6, 6.07) is -0.714. The second kappa shape index (κ2) is 60.3. The molecule has 9 heteroatoms. The van der Waals surface area contributed by atoms with Crippen LogP contribution >= 0.6 is 0 Å². The fourth-order valence-electron chi connectivity index (χ4n) is 12.1. The molecule has 472 valence electrons. The normalized spacial score (nSPS) is 18.4. The Bertz CT molecular complexity index is 1210. The molecule has 1 amide bonds. The predicted octanol–water partition coefficient (Wildman–Crippen LogP) is 19.3. The molecule has 0 bridgehead atoms. The van der Waals surface area contributed by atoms with Crippen LogP contribution in [0, 0.1) is 0 Å². The summed E-state index contributed by atoms with van der Waals surface area (Å²) in [7, 11) is 0. The highest BCUT2D eigenvalue weighted by Crippen LogP contribution is 2.24. The first kappa shape index (κ1) is 76.2. The van der Waals surface area contributed by atoms with Crippen LogP contribution in [0.25, 0.3) is 0 Å². The molecular formula is C70H139NO8. The van der Waals surface area contributed by atoms with Gasteiger partial charge in [-0.1, -0.05) is 367 Å². The Balaban J connectivity index is 1.99. The Labute approximate surface area is 491 Å². The highest BCUT2D eigenvalue weighted by Gasteiger charge is 2.44. The van der Waals surface area contributed by atoms with Crippen LogP contribution in [0.1, 0.15) is 386 Å². The third-order valence-electron chi connectivity index (χ3n) is 17.7. The lowest BCUT2D eigenvalue weighted by molar-refractivity contribution is -0.302. The van der Waals surface area contributed by atoms with Gasteiger partial charge in [0.15, 0.2) is 6.29 Å². The van der Waals surface area contributed by atoms with Gasteiger partial charge in [-0.3, -0.25) is 4.79 Å². The van der Waals surface area contributed by atoms with Crippen LogP contribution in [0.4, 0.5) is 0 Å². The van der Waals surface area contributed by atoms with E-state index in [2.05, 4.69) is 19.2 Å². The number of unbranched alkanes of at least 4 members (excludes halogenated alkanes) is 54. The summed E-state index contributed by atoms with van der Waals surface area (Å²) in [5.74, 6) is -0.134. The summed E-state index contributed by atoms with van der Waals surface area (Å²) in [4.78, 5) is 13.1. The predicted molar refractivity (Wildman–Crippen MR) is 337 cm³/mol. The van der Waals surface area contributed by atoms with Crippen LogP contribution in [0.3, 0.4) is 0 Å². The molecule has 1 fully saturated rings. The van der Waals surface area contributed by atoms with Crippen molar-refractivity contribution in [2.75, 3.05) is 13.2 Å². The number of carbonyl (C=O) groups excluding carboxylic acids is 1. The topological polar surface area (TPSA) is 149 Å². The fourth-order valence-corrected chi connectivity index (χ4v) is 12.1. The lowest BCUT2D eigenvalue weighted by Gasteiger charge is -2.40. The number of hydrogen-bond donors (Lipinski definition) is 6. The van der Waals surface area contributed by atoms with Crippen molar-refractivity contribution >= 4 is 5.91 Å². The highest BCUT2D eigenvalue weighted by molar-refractivity contribution is 5.76. The number of ether oxygens (including phenoxy) is 2. The van der Waals surface area contributed by atoms with Gasteiger partial charge in [0.05, 0.1) is 25.4 Å². The molecule has 0 spiro atoms. The highest BCUT2D eigenvalue weighted by atomic mass is 16.7. The van der Waals surface area contributed by atoms with E-state index in [9.17, 15) is 30.3 Å². The zero-order chi connectivity index (χ0) is 57.2. The van der Waals surface area contributed by atoms with Crippen molar-refractivity contribution in [2.24, 2.45) is 0 Å². The van der Waals surface area contributed by atoms with Gasteiger partial charge in [0.25, 0.3) is 0 Å². The van der Waals surface area contributed by atoms with Crippen LogP contribution in [0.15, 0.2) is 0 Å². The number of carbonyl (C=O) groups is 1. The maximum absolute atomic E-state index is 13.1. The molecule has 7 unspecified atom stereocenters. The number of hydrogen-bond acceptors (Lipinski definition) is 8. The summed E-state index contributed by atoms with van der Waals surface area (Å²) in [5, 5.41) is 54.8. The molecule has 79 heavy (non-hydrogen) atoms. The van der Waals surface area contributed by atoms with Gasteiger partial charge < -0.3 is 40.3 Å². The van der Waals surface area contributed by atoms with E-state index in [-0.39, 0.29) is 12.5 Å². The molecule has 0 aromatic heterocycles. The molecule has 1 aliphatic rings. The van der Waals surface area contributed by atoms with E-state index in [0.29, 0.717) is 12.8 Å². The molecule has 0 saturated carbocycles. The molecule has 0 aliphatic carbocycles. The lowest BCUT2D eigenvalue weighted by Crippen LogP contribution is -2.60. The Kier molecular flexibility index (Phi) is 58.2. The molecule has 1 saturated heterocycles. The Morgan fingerprint density at radius 3 is 0.899 bits per heavy atom. The van der Waals surface area contributed by atoms with E-state index in [0.717, 1.165) is 38.5 Å². The van der Waals surface area contributed by atoms with Crippen molar-refractivity contribution in [3.63, 3.8) is 0 Å². The molecule has 7 atom stereocenters. The minimum Gasteiger partial charge on any atom is -0.394 e. The van der Waals surface area contributed by atoms with Gasteiger partial charge in [-0.15, -0.1) is 0 Å². The van der Waals surface area contributed by atoms with Crippen molar-refractivity contribution in [3.8, 4) is 0 Å². The SMILES string of the molecule is CCCCCCCCCCCCCCCCCCCCCCCCCCCCCCCCCCCCCCCCCCC(=O)NC(COC1OC(CO)C(O)C(O)C1O)C(O)CCCCCCCCCCCCCCCCCC. The zero-order valence-electron chi connectivity index (χ0n) is 52.9. The maximum Gasteiger partial charge on any atom is 0.220 e. The van der Waals surface area contributed by atoms with Gasteiger partial charge in [0, 0.05) is 6.42 Å². The third-order valence-corrected chi connectivity index (χ3v) is 17.7. The molecule has 0 aromatic carbocycles. The summed E-state index contributed by atoms with van der Waals surface area (Å²) >= 11 is 0. The van der Waals surface area contributed by atoms with Gasteiger partial charge in [-0.25, -0.2) is 0 Å². The molecule has 1 rings (SSSR count). The number of aliphatic hydroxyl groups excluding tert-OH is 5. The van der Waals surface area contributed by atoms with Gasteiger partial charge in [-0.05, 0) is 12.8 Å². The summed E-state index contributed by atoms with van der Waals surface area (Å²) in [5.41, 5.74) is 0. The average Bonchev–Trinajstić information content (AvgIpc) is 3.46. The second-order valence-electron chi connectivity index (χ2n) is 25.4. The van der Waals surface area contributed by atoms with Crippen LogP contribution in [-0.2, 0) is 14.3 Å². The van der Waals surface area contributed by atoms with Crippen molar-refractivity contribution in [1.29, 1.82) is 0 Å². The minimum absolute atomic E-state index is 0.131. The largest absolute Gasteiger partial charge is 0.394 e. The number of amides is 1. The monoisotopic (exact) mass is 1120 g/mol. The summed E-state index contributed by atoms with van der Waals surface area (Å²) < 4.78 is 11.3. The quantitative estimate of drug-likeness (QED) is 0.0330. The first-order chi connectivity index (χ1) is 38.8. The van der Waals surface area contributed by atoms with Crippen molar-refractivity contribution in [1.82, 2.24) is 5.32 Å². The Morgan fingerprint density at radius 1 is 0.380 bits per heavy atom. The van der Waals surface area contributed by atoms with Crippen molar-refractivity contribution < 1.29 is 39.8 Å². The van der Waals surface area contributed by atoms with E-state index >= 15 is 0 Å². The van der Waals surface area contributed by atoms with E-state index in [1.807, 2.05) is 0 Å². The maximum atomic E-state index is 13.1. The Morgan fingerprint density at radius 2 is 0.633 bits per heavy atom. The van der Waals surface area contributed by atoms with E-state index < -0.39 is 49.5 Å². The Hall–Kier alpha value is -0.810. The second-order valence-corrected chi connectivity index (χ2v) is 25.4. The zero-order valence-corrected chi connectivity index (χ0v) is 52.9. The van der Waals surface area contributed by atoms with Crippen LogP contribution < -0.4 is 5.32 Å². The standard InChI is InChI=1S/C70H139NO8/c1-3-5-7-9-11-13-15-17-19-21-22-23-24-25-26-27-28-29-30-31-32-33-34-35-36-37-38-39-40-41-42-43-44-46-48-50-52-54-56-58-60-66(74)71-63(62-78-70-69(77)68(76)67(75)65(61-72)79-70)64(73)59-57-55-53-51-49-47-45-20-18-16-14-12-10-8-6-4-2/h63-65,67-70,72-73,75-77H,3-62H2,1-2H3,(H,71,74). The molecule has 1 heterocycles. The average molecular weight is 1120 g/mol. The minimum atomic E-state index is -1.55. The van der Waals surface area contributed by atoms with Crippen LogP contribution in [0.5, 0.6) is 0 Å². The van der Waals surface area contributed by atoms with E-state index in [4.69, 9.17) is 9.47 Å². The molecule has 9 nitrogen and oxygen atoms in total. The van der Waals surface area contributed by atoms with Gasteiger partial charge in [0.2, 0.25) is 5.91 Å². The van der Waals surface area contributed by atoms with Crippen LogP contribution in [0.2, 0.25) is 0 Å². The van der Waals surface area contributed by atoms with Gasteiger partial charge >= 0.3 is 0 Å². The molecule has 1 aliphatic heterocycles. The van der Waals surface area contributed by atoms with E-state index in [1.165, 1.54) is 321 Å². The fraction of sp³-hybridized carbons (Fsp3) is 0.986. The number of nitrogens with one attached hydrogen (secondary N) is 1. The molecule has 0 radical (unpaired) electrons. The number of aliphatic hydroxyl groups is 5. The smallest absolute Gasteiger partial charge is 0.220 e. The number of rotatable bonds is 64. The van der Waals surface area contributed by atoms with Gasteiger partial charge in [0.1, 0.15) is 24.4 Å². The van der Waals surface area contributed by atoms with Crippen molar-refractivity contribution in [3.05, 3.63) is 0 Å². The first-order valence-corrected chi connectivity index (χ1v) is 35.7. The first-order valence-electron chi connectivity index (χ1n) is 35.7. The molecule has 0 aromatic rings. The van der Waals surface area contributed by atoms with Crippen molar-refractivity contribution in [2.45, 2.75) is 429 Å². The van der Waals surface area contributed by atoms with E-state index in [1.54, 1.807) is 0 Å². The summed E-state index contributed by atoms with van der Waals surface area (Å²) in [6.07, 6.45) is 69.2. The third kappa shape index (κ3) is 49.2.